The summed E-state index contributed by atoms with van der Waals surface area (Å²) in [5, 5.41) is 12.9. The Labute approximate surface area is 222 Å². The van der Waals surface area contributed by atoms with Crippen LogP contribution in [0.3, 0.4) is 0 Å². The number of nitrogens with one attached hydrogen (secondary N) is 1. The van der Waals surface area contributed by atoms with Crippen molar-refractivity contribution in [3.8, 4) is 0 Å². The third kappa shape index (κ3) is 5.18. The molecule has 5 rings (SSSR count). The van der Waals surface area contributed by atoms with Gasteiger partial charge in [0, 0.05) is 25.9 Å². The number of aliphatic carboxylic acids is 1. The highest BCUT2D eigenvalue weighted by molar-refractivity contribution is 5.94. The average molecular weight is 522 g/mol. The Morgan fingerprint density at radius 1 is 1.13 bits per heavy atom. The normalized spacial score (nSPS) is 22.7. The maximum Gasteiger partial charge on any atom is 0.306 e. The van der Waals surface area contributed by atoms with Crippen LogP contribution in [0, 0.1) is 12.8 Å². The number of fused-ring (bicyclic) bond motifs is 1. The maximum absolute atomic E-state index is 14.7. The smallest absolute Gasteiger partial charge is 0.306 e. The second-order valence-corrected chi connectivity index (χ2v) is 10.2. The lowest BCUT2D eigenvalue weighted by atomic mass is 9.87. The Bertz CT molecular complexity index is 1280. The van der Waals surface area contributed by atoms with Gasteiger partial charge in [0.25, 0.3) is 5.91 Å². The summed E-state index contributed by atoms with van der Waals surface area (Å²) >= 11 is 0. The van der Waals surface area contributed by atoms with E-state index >= 15 is 0 Å². The molecule has 0 amide bonds. The Morgan fingerprint density at radius 2 is 1.87 bits per heavy atom. The van der Waals surface area contributed by atoms with Gasteiger partial charge in [-0.25, -0.2) is 9.88 Å². The van der Waals surface area contributed by atoms with E-state index in [1.807, 2.05) is 54.3 Å². The molecule has 2 heterocycles. The zero-order valence-corrected chi connectivity index (χ0v) is 21.9. The molecule has 1 aliphatic carbocycles. The number of hydrogen-bond acceptors (Lipinski definition) is 8. The summed E-state index contributed by atoms with van der Waals surface area (Å²) in [6.45, 7) is 3.33. The number of Topliss-reactive ketones (excluding diaryl/α,β-unsaturated/α-hetero) is 1. The summed E-state index contributed by atoms with van der Waals surface area (Å²) in [5.41, 5.74) is 3.84. The van der Waals surface area contributed by atoms with Gasteiger partial charge in [0.1, 0.15) is 11.6 Å². The van der Waals surface area contributed by atoms with Crippen LogP contribution in [0.4, 0.5) is 5.69 Å². The lowest BCUT2D eigenvalue weighted by Gasteiger charge is -2.43. The summed E-state index contributed by atoms with van der Waals surface area (Å²) in [6.07, 6.45) is 5.13. The van der Waals surface area contributed by atoms with Crippen molar-refractivity contribution in [2.45, 2.75) is 63.5 Å². The predicted molar refractivity (Wildman–Crippen MR) is 142 cm³/mol. The highest BCUT2D eigenvalue weighted by atomic mass is 16.7. The van der Waals surface area contributed by atoms with Crippen molar-refractivity contribution >= 4 is 28.5 Å². The Balaban J connectivity index is 1.52. The van der Waals surface area contributed by atoms with Crippen LogP contribution in [0.1, 0.15) is 55.7 Å². The van der Waals surface area contributed by atoms with Crippen molar-refractivity contribution in [1.82, 2.24) is 9.88 Å². The number of carboxylic acid groups (broad SMARTS) is 1. The number of methoxy groups -OCH3 is 1. The summed E-state index contributed by atoms with van der Waals surface area (Å²) in [5.74, 6) is -3.03. The van der Waals surface area contributed by atoms with E-state index in [4.69, 9.17) is 13.9 Å². The standard InChI is InChI=1S/C29H35N3O6/c1-19-7-3-4-8-23(19)31-26(21-11-14-24-25(17-21)37-18-30-24)27(33)29(36-2,32-15-5-6-16-32)38-22-12-9-20(10-13-22)28(34)35/h3-4,7-8,11,14,17-18,20,22,26,31H,5-6,9-10,12-13,15-16H2,1-2H3,(H,34,35). The van der Waals surface area contributed by atoms with Crippen LogP contribution in [-0.2, 0) is 19.1 Å². The molecule has 38 heavy (non-hydrogen) atoms. The summed E-state index contributed by atoms with van der Waals surface area (Å²) < 4.78 is 18.2. The lowest BCUT2D eigenvalue weighted by molar-refractivity contribution is -0.302. The van der Waals surface area contributed by atoms with E-state index in [1.165, 1.54) is 13.5 Å². The van der Waals surface area contributed by atoms with Gasteiger partial charge in [-0.2, -0.15) is 0 Å². The highest BCUT2D eigenvalue weighted by Crippen LogP contribution is 2.37. The number of para-hydroxylation sites is 1. The molecule has 2 fully saturated rings. The van der Waals surface area contributed by atoms with E-state index in [1.54, 1.807) is 0 Å². The van der Waals surface area contributed by atoms with Crippen LogP contribution in [0.5, 0.6) is 0 Å². The fourth-order valence-corrected chi connectivity index (χ4v) is 5.66. The van der Waals surface area contributed by atoms with Gasteiger partial charge in [0.15, 0.2) is 12.0 Å². The first-order chi connectivity index (χ1) is 18.4. The molecule has 9 nitrogen and oxygen atoms in total. The molecule has 9 heteroatoms. The van der Waals surface area contributed by atoms with E-state index in [-0.39, 0.29) is 17.8 Å². The Hall–Kier alpha value is -3.27. The maximum atomic E-state index is 14.7. The molecule has 2 unspecified atom stereocenters. The minimum absolute atomic E-state index is 0.260. The van der Waals surface area contributed by atoms with Crippen LogP contribution >= 0.6 is 0 Å². The van der Waals surface area contributed by atoms with Gasteiger partial charge in [-0.3, -0.25) is 9.59 Å². The van der Waals surface area contributed by atoms with E-state index in [0.717, 1.165) is 24.1 Å². The number of rotatable bonds is 10. The molecule has 2 aromatic carbocycles. The van der Waals surface area contributed by atoms with E-state index in [9.17, 15) is 14.7 Å². The van der Waals surface area contributed by atoms with Gasteiger partial charge in [-0.15, -0.1) is 0 Å². The first-order valence-electron chi connectivity index (χ1n) is 13.3. The fraction of sp³-hybridized carbons (Fsp3) is 0.483. The molecule has 1 saturated carbocycles. The molecule has 3 aromatic rings. The molecule has 0 spiro atoms. The number of oxazole rings is 1. The number of ketones is 1. The zero-order chi connectivity index (χ0) is 26.7. The molecule has 0 bridgehead atoms. The SMILES string of the molecule is COC(OC1CCC(C(=O)O)CC1)(C(=O)C(Nc1ccccc1C)c1ccc2ncoc2c1)N1CCCC1. The number of ether oxygens (including phenoxy) is 2. The number of anilines is 1. The highest BCUT2D eigenvalue weighted by Gasteiger charge is 2.52. The van der Waals surface area contributed by atoms with Gasteiger partial charge < -0.3 is 24.3 Å². The van der Waals surface area contributed by atoms with Crippen molar-refractivity contribution in [3.63, 3.8) is 0 Å². The van der Waals surface area contributed by atoms with Gasteiger partial charge in [0.2, 0.25) is 5.78 Å². The first-order valence-corrected chi connectivity index (χ1v) is 13.3. The number of hydrogen-bond donors (Lipinski definition) is 2. The van der Waals surface area contributed by atoms with Crippen LogP contribution in [0.15, 0.2) is 53.3 Å². The number of nitrogens with zero attached hydrogens (tertiary/aromatic N) is 2. The van der Waals surface area contributed by atoms with Crippen LogP contribution in [0.25, 0.3) is 11.1 Å². The van der Waals surface area contributed by atoms with Crippen LogP contribution < -0.4 is 5.32 Å². The van der Waals surface area contributed by atoms with E-state index < -0.39 is 17.9 Å². The van der Waals surface area contributed by atoms with Gasteiger partial charge >= 0.3 is 5.97 Å². The molecule has 2 atom stereocenters. The Morgan fingerprint density at radius 3 is 2.55 bits per heavy atom. The number of carbonyl (C=O) groups excluding carboxylic acids is 1. The fourth-order valence-electron chi connectivity index (χ4n) is 5.66. The van der Waals surface area contributed by atoms with Crippen molar-refractivity contribution in [2.75, 3.05) is 25.5 Å². The van der Waals surface area contributed by atoms with E-state index in [2.05, 4.69) is 10.3 Å². The molecule has 2 aliphatic rings. The van der Waals surface area contributed by atoms with Crippen LogP contribution in [0.2, 0.25) is 0 Å². The second-order valence-electron chi connectivity index (χ2n) is 10.2. The van der Waals surface area contributed by atoms with Crippen molar-refractivity contribution in [2.24, 2.45) is 5.92 Å². The largest absolute Gasteiger partial charge is 0.481 e. The van der Waals surface area contributed by atoms with Crippen LogP contribution in [-0.4, -0.2) is 59.0 Å². The predicted octanol–water partition coefficient (Wildman–Crippen LogP) is 4.91. The van der Waals surface area contributed by atoms with Gasteiger partial charge in [-0.1, -0.05) is 24.3 Å². The van der Waals surface area contributed by atoms with E-state index in [0.29, 0.717) is 55.4 Å². The number of benzene rings is 2. The summed E-state index contributed by atoms with van der Waals surface area (Å²) in [4.78, 5) is 32.4. The minimum Gasteiger partial charge on any atom is -0.481 e. The van der Waals surface area contributed by atoms with Crippen molar-refractivity contribution in [3.05, 3.63) is 60.0 Å². The molecule has 202 valence electrons. The summed E-state index contributed by atoms with van der Waals surface area (Å²) in [6, 6.07) is 12.6. The third-order valence-corrected chi connectivity index (χ3v) is 7.86. The quantitative estimate of drug-likeness (QED) is 0.359. The Kier molecular flexibility index (Phi) is 7.78. The molecule has 1 aromatic heterocycles. The summed E-state index contributed by atoms with van der Waals surface area (Å²) in [7, 11) is 1.52. The second kappa shape index (κ2) is 11.2. The van der Waals surface area contributed by atoms with Crippen molar-refractivity contribution in [1.29, 1.82) is 0 Å². The molecule has 0 radical (unpaired) electrons. The molecular formula is C29H35N3O6. The minimum atomic E-state index is -1.62. The molecular weight excluding hydrogens is 486 g/mol. The first kappa shape index (κ1) is 26.3. The number of aryl methyl sites for hydroxylation is 1. The molecule has 2 N–H and O–H groups in total. The monoisotopic (exact) mass is 521 g/mol. The third-order valence-electron chi connectivity index (χ3n) is 7.86. The molecule has 1 saturated heterocycles. The number of carboxylic acids is 1. The van der Waals surface area contributed by atoms with Gasteiger partial charge in [0.05, 0.1) is 12.0 Å². The topological polar surface area (TPSA) is 114 Å². The zero-order valence-electron chi connectivity index (χ0n) is 21.9. The molecule has 1 aliphatic heterocycles. The van der Waals surface area contributed by atoms with Gasteiger partial charge in [-0.05, 0) is 74.8 Å². The number of aromatic nitrogens is 1. The number of likely N-dealkylation sites (tertiary alicyclic amines) is 1. The number of carbonyl (C=O) groups is 2. The lowest BCUT2D eigenvalue weighted by Crippen LogP contribution is -2.61. The average Bonchev–Trinajstić information content (AvgIpc) is 3.64. The van der Waals surface area contributed by atoms with Crippen molar-refractivity contribution < 1.29 is 28.6 Å².